The normalized spacial score (nSPS) is 18.9. The number of nitrogens with one attached hydrogen (secondary N) is 3. The molecule has 2 saturated heterocycles. The minimum absolute atomic E-state index is 0.145. The van der Waals surface area contributed by atoms with Crippen molar-refractivity contribution in [3.05, 3.63) is 35.9 Å². The number of nitrogens with zero attached hydrogens (tertiary/aromatic N) is 1. The van der Waals surface area contributed by atoms with Gasteiger partial charge in [-0.2, -0.15) is 0 Å². The van der Waals surface area contributed by atoms with Gasteiger partial charge in [-0.3, -0.25) is 4.79 Å². The van der Waals surface area contributed by atoms with Crippen molar-refractivity contribution in [2.24, 2.45) is 0 Å². The molecule has 5 nitrogen and oxygen atoms in total. The van der Waals surface area contributed by atoms with Gasteiger partial charge in [0.2, 0.25) is 0 Å². The molecule has 0 radical (unpaired) electrons. The van der Waals surface area contributed by atoms with E-state index in [2.05, 4.69) is 16.0 Å². The summed E-state index contributed by atoms with van der Waals surface area (Å²) in [7, 11) is 0. The largest absolute Gasteiger partial charge is 0.336 e. The number of amides is 1. The van der Waals surface area contributed by atoms with Crippen LogP contribution in [0.3, 0.4) is 0 Å². The second-order valence-corrected chi connectivity index (χ2v) is 4.91. The molecule has 2 aliphatic rings. The first-order chi connectivity index (χ1) is 9.88. The molecule has 2 aliphatic heterocycles. The second-order valence-electron chi connectivity index (χ2n) is 4.91. The zero-order chi connectivity index (χ0) is 14.0. The van der Waals surface area contributed by atoms with E-state index in [0.29, 0.717) is 0 Å². The third-order valence-electron chi connectivity index (χ3n) is 3.38. The van der Waals surface area contributed by atoms with Gasteiger partial charge < -0.3 is 20.9 Å². The summed E-state index contributed by atoms with van der Waals surface area (Å²) in [6, 6.07) is 9.45. The van der Waals surface area contributed by atoms with Gasteiger partial charge in [-0.15, -0.1) is 0 Å². The van der Waals surface area contributed by atoms with Crippen LogP contribution in [0.2, 0.25) is 0 Å². The fourth-order valence-corrected chi connectivity index (χ4v) is 2.23. The molecule has 2 heterocycles. The van der Waals surface area contributed by atoms with E-state index < -0.39 is 0 Å². The third-order valence-corrected chi connectivity index (χ3v) is 3.38. The molecule has 0 aliphatic carbocycles. The lowest BCUT2D eigenvalue weighted by Crippen LogP contribution is -2.46. The second kappa shape index (κ2) is 8.68. The van der Waals surface area contributed by atoms with Gasteiger partial charge in [-0.1, -0.05) is 18.2 Å². The van der Waals surface area contributed by atoms with E-state index in [9.17, 15) is 4.79 Å². The Kier molecular flexibility index (Phi) is 6.50. The van der Waals surface area contributed by atoms with E-state index in [0.717, 1.165) is 57.9 Å². The van der Waals surface area contributed by atoms with Gasteiger partial charge in [0, 0.05) is 57.9 Å². The van der Waals surface area contributed by atoms with Crippen molar-refractivity contribution in [3.63, 3.8) is 0 Å². The molecule has 110 valence electrons. The first kappa shape index (κ1) is 15.0. The highest BCUT2D eigenvalue weighted by molar-refractivity contribution is 5.94. The molecule has 0 aromatic heterocycles. The van der Waals surface area contributed by atoms with Crippen LogP contribution in [0.1, 0.15) is 10.4 Å². The summed E-state index contributed by atoms with van der Waals surface area (Å²) < 4.78 is 0. The molecule has 0 bridgehead atoms. The standard InChI is InChI=1S/C11H14N2O.C4H10N2/c14-11(10-4-2-1-3-5-10)13-8-6-12-7-9-13;1-2-6-4-3-5-1/h1-5,12H,6-9H2;5-6H,1-4H2. The van der Waals surface area contributed by atoms with Crippen LogP contribution in [0.4, 0.5) is 0 Å². The number of piperazine rings is 2. The Morgan fingerprint density at radius 3 is 1.80 bits per heavy atom. The highest BCUT2D eigenvalue weighted by Gasteiger charge is 2.16. The fraction of sp³-hybridized carbons (Fsp3) is 0.533. The Labute approximate surface area is 120 Å². The van der Waals surface area contributed by atoms with E-state index in [4.69, 9.17) is 0 Å². The van der Waals surface area contributed by atoms with Gasteiger partial charge in [-0.25, -0.2) is 0 Å². The molecule has 0 unspecified atom stereocenters. The van der Waals surface area contributed by atoms with Gasteiger partial charge in [0.05, 0.1) is 0 Å². The predicted molar refractivity (Wildman–Crippen MR) is 81.0 cm³/mol. The maximum absolute atomic E-state index is 11.9. The van der Waals surface area contributed by atoms with Gasteiger partial charge in [0.1, 0.15) is 0 Å². The average molecular weight is 276 g/mol. The molecule has 1 aromatic carbocycles. The minimum atomic E-state index is 0.145. The predicted octanol–water partition coefficient (Wildman–Crippen LogP) is -0.0888. The number of hydrogen-bond acceptors (Lipinski definition) is 4. The van der Waals surface area contributed by atoms with Crippen molar-refractivity contribution in [2.75, 3.05) is 52.4 Å². The third kappa shape index (κ3) is 4.92. The van der Waals surface area contributed by atoms with Crippen LogP contribution in [-0.2, 0) is 0 Å². The summed E-state index contributed by atoms with van der Waals surface area (Å²) in [5, 5.41) is 9.67. The summed E-state index contributed by atoms with van der Waals surface area (Å²) in [4.78, 5) is 13.8. The molecular formula is C15H24N4O. The van der Waals surface area contributed by atoms with Crippen molar-refractivity contribution in [2.45, 2.75) is 0 Å². The van der Waals surface area contributed by atoms with E-state index in [1.54, 1.807) is 0 Å². The number of rotatable bonds is 1. The quantitative estimate of drug-likeness (QED) is 0.671. The number of carbonyl (C=O) groups excluding carboxylic acids is 1. The Morgan fingerprint density at radius 1 is 0.800 bits per heavy atom. The molecule has 20 heavy (non-hydrogen) atoms. The Balaban J connectivity index is 0.000000205. The molecule has 3 rings (SSSR count). The molecule has 5 heteroatoms. The topological polar surface area (TPSA) is 56.4 Å². The minimum Gasteiger partial charge on any atom is -0.336 e. The SMILES string of the molecule is C1CNCCN1.O=C(c1ccccc1)N1CCNCC1. The lowest BCUT2D eigenvalue weighted by Gasteiger charge is -2.27. The number of carbonyl (C=O) groups is 1. The number of benzene rings is 1. The maximum Gasteiger partial charge on any atom is 0.253 e. The van der Waals surface area contributed by atoms with Crippen LogP contribution in [0.15, 0.2) is 30.3 Å². The van der Waals surface area contributed by atoms with E-state index in [-0.39, 0.29) is 5.91 Å². The van der Waals surface area contributed by atoms with Crippen LogP contribution < -0.4 is 16.0 Å². The van der Waals surface area contributed by atoms with Crippen LogP contribution in [0.25, 0.3) is 0 Å². The van der Waals surface area contributed by atoms with E-state index >= 15 is 0 Å². The molecular weight excluding hydrogens is 252 g/mol. The first-order valence-corrected chi connectivity index (χ1v) is 7.34. The van der Waals surface area contributed by atoms with Gasteiger partial charge >= 0.3 is 0 Å². The average Bonchev–Trinajstić information content (AvgIpc) is 2.58. The highest BCUT2D eigenvalue weighted by atomic mass is 16.2. The zero-order valence-electron chi connectivity index (χ0n) is 11.9. The van der Waals surface area contributed by atoms with Crippen LogP contribution >= 0.6 is 0 Å². The van der Waals surface area contributed by atoms with Gasteiger partial charge in [0.15, 0.2) is 0 Å². The van der Waals surface area contributed by atoms with E-state index in [1.807, 2.05) is 35.2 Å². The van der Waals surface area contributed by atoms with Crippen LogP contribution in [-0.4, -0.2) is 63.2 Å². The lowest BCUT2D eigenvalue weighted by atomic mass is 10.2. The first-order valence-electron chi connectivity index (χ1n) is 7.34. The molecule has 1 aromatic rings. The zero-order valence-corrected chi connectivity index (χ0v) is 11.9. The molecule has 1 amide bonds. The van der Waals surface area contributed by atoms with Crippen molar-refractivity contribution >= 4 is 5.91 Å². The summed E-state index contributed by atoms with van der Waals surface area (Å²) in [5.41, 5.74) is 0.786. The Hall–Kier alpha value is -1.43. The Bertz CT molecular complexity index is 375. The summed E-state index contributed by atoms with van der Waals surface area (Å²) in [6.07, 6.45) is 0. The van der Waals surface area contributed by atoms with Gasteiger partial charge in [-0.05, 0) is 12.1 Å². The van der Waals surface area contributed by atoms with E-state index in [1.165, 1.54) is 0 Å². The van der Waals surface area contributed by atoms with Crippen molar-refractivity contribution in [3.8, 4) is 0 Å². The molecule has 3 N–H and O–H groups in total. The van der Waals surface area contributed by atoms with Crippen LogP contribution in [0.5, 0.6) is 0 Å². The highest BCUT2D eigenvalue weighted by Crippen LogP contribution is 2.05. The van der Waals surface area contributed by atoms with Gasteiger partial charge in [0.25, 0.3) is 5.91 Å². The molecule has 0 spiro atoms. The molecule has 2 fully saturated rings. The monoisotopic (exact) mass is 276 g/mol. The smallest absolute Gasteiger partial charge is 0.253 e. The van der Waals surface area contributed by atoms with Crippen molar-refractivity contribution in [1.82, 2.24) is 20.9 Å². The fourth-order valence-electron chi connectivity index (χ4n) is 2.23. The molecule has 0 atom stereocenters. The molecule has 0 saturated carbocycles. The van der Waals surface area contributed by atoms with Crippen molar-refractivity contribution in [1.29, 1.82) is 0 Å². The summed E-state index contributed by atoms with van der Waals surface area (Å²) >= 11 is 0. The summed E-state index contributed by atoms with van der Waals surface area (Å²) in [5.74, 6) is 0.145. The number of hydrogen-bond donors (Lipinski definition) is 3. The van der Waals surface area contributed by atoms with Crippen molar-refractivity contribution < 1.29 is 4.79 Å². The Morgan fingerprint density at radius 2 is 1.30 bits per heavy atom. The van der Waals surface area contributed by atoms with Crippen LogP contribution in [0, 0.1) is 0 Å². The lowest BCUT2D eigenvalue weighted by molar-refractivity contribution is 0.0736. The maximum atomic E-state index is 11.9. The summed E-state index contributed by atoms with van der Waals surface area (Å²) in [6.45, 7) is 7.98.